The first kappa shape index (κ1) is 22.8. The number of halogens is 3. The molecule has 0 N–H and O–H groups in total. The van der Waals surface area contributed by atoms with Gasteiger partial charge in [0.15, 0.2) is 11.0 Å². The Kier molecular flexibility index (Phi) is 6.87. The minimum atomic E-state index is -4.32. The molecule has 1 atom stereocenters. The molecule has 1 saturated heterocycles. The Morgan fingerprint density at radius 3 is 2.62 bits per heavy atom. The Hall–Kier alpha value is -2.37. The van der Waals surface area contributed by atoms with E-state index in [4.69, 9.17) is 4.74 Å². The van der Waals surface area contributed by atoms with Gasteiger partial charge in [0.2, 0.25) is 0 Å². The summed E-state index contributed by atoms with van der Waals surface area (Å²) in [6.07, 6.45) is -0.0742. The van der Waals surface area contributed by atoms with Gasteiger partial charge in [0.25, 0.3) is 0 Å². The smallest absolute Gasteiger partial charge is 0.371 e. The van der Waals surface area contributed by atoms with Crippen molar-refractivity contribution in [2.45, 2.75) is 23.9 Å². The van der Waals surface area contributed by atoms with E-state index in [1.165, 1.54) is 12.1 Å². The summed E-state index contributed by atoms with van der Waals surface area (Å²) >= 11 is 1.66. The number of nitrogens with zero attached hydrogens (tertiary/aromatic N) is 6. The Balaban J connectivity index is 1.26. The Labute approximate surface area is 188 Å². The van der Waals surface area contributed by atoms with E-state index in [0.717, 1.165) is 59.6 Å². The van der Waals surface area contributed by atoms with Crippen molar-refractivity contribution in [3.05, 3.63) is 47.9 Å². The second-order valence-corrected chi connectivity index (χ2v) is 8.80. The molecule has 0 saturated carbocycles. The summed E-state index contributed by atoms with van der Waals surface area (Å²) in [5.74, 6) is 1.67. The van der Waals surface area contributed by atoms with E-state index >= 15 is 0 Å². The van der Waals surface area contributed by atoms with E-state index in [9.17, 15) is 13.2 Å². The van der Waals surface area contributed by atoms with Crippen molar-refractivity contribution in [3.8, 4) is 11.5 Å². The molecule has 3 aromatic rings. The maximum absolute atomic E-state index is 12.8. The average Bonchev–Trinajstić information content (AvgIpc) is 3.36. The third-order valence-electron chi connectivity index (χ3n) is 5.49. The van der Waals surface area contributed by atoms with Crippen LogP contribution >= 0.6 is 11.8 Å². The molecule has 0 bridgehead atoms. The molecule has 4 rings (SSSR count). The van der Waals surface area contributed by atoms with Gasteiger partial charge in [-0.25, -0.2) is 4.98 Å². The molecule has 0 radical (unpaired) electrons. The first-order valence-corrected chi connectivity index (χ1v) is 11.3. The van der Waals surface area contributed by atoms with Crippen molar-refractivity contribution in [3.63, 3.8) is 0 Å². The molecule has 172 valence electrons. The number of morpholine rings is 1. The summed E-state index contributed by atoms with van der Waals surface area (Å²) in [6.45, 7) is 2.94. The van der Waals surface area contributed by atoms with Crippen LogP contribution in [0.4, 0.5) is 13.2 Å². The Morgan fingerprint density at radius 2 is 1.94 bits per heavy atom. The zero-order valence-corrected chi connectivity index (χ0v) is 18.7. The maximum Gasteiger partial charge on any atom is 0.416 e. The van der Waals surface area contributed by atoms with Crippen LogP contribution < -0.4 is 0 Å². The lowest BCUT2D eigenvalue weighted by atomic mass is 10.1. The van der Waals surface area contributed by atoms with Crippen LogP contribution in [-0.4, -0.2) is 61.2 Å². The van der Waals surface area contributed by atoms with Crippen molar-refractivity contribution < 1.29 is 17.9 Å². The van der Waals surface area contributed by atoms with Crippen molar-refractivity contribution in [1.82, 2.24) is 29.2 Å². The largest absolute Gasteiger partial charge is 0.416 e. The molecular weight excluding hydrogens is 441 g/mol. The number of rotatable bonds is 7. The summed E-state index contributed by atoms with van der Waals surface area (Å²) in [5.41, 5.74) is 1.05. The summed E-state index contributed by atoms with van der Waals surface area (Å²) in [6, 6.07) is 5.27. The number of aryl methyl sites for hydroxylation is 1. The quantitative estimate of drug-likeness (QED) is 0.390. The number of hydrogen-bond acceptors (Lipinski definition) is 6. The number of alkyl halides is 3. The minimum Gasteiger partial charge on any atom is -0.371 e. The number of ether oxygens (including phenoxy) is 1. The van der Waals surface area contributed by atoms with E-state index in [1.807, 2.05) is 23.2 Å². The van der Waals surface area contributed by atoms with E-state index in [2.05, 4.69) is 20.1 Å². The molecular formula is C21H25F3N6OS. The zero-order valence-electron chi connectivity index (χ0n) is 17.9. The van der Waals surface area contributed by atoms with Crippen LogP contribution in [0.2, 0.25) is 0 Å². The first-order chi connectivity index (χ1) is 15.3. The number of imidazole rings is 1. The Morgan fingerprint density at radius 1 is 1.16 bits per heavy atom. The lowest BCUT2D eigenvalue weighted by Crippen LogP contribution is -2.39. The van der Waals surface area contributed by atoms with Crippen molar-refractivity contribution in [2.24, 2.45) is 14.1 Å². The van der Waals surface area contributed by atoms with Gasteiger partial charge in [0.1, 0.15) is 5.69 Å². The third-order valence-corrected chi connectivity index (χ3v) is 6.60. The fourth-order valence-corrected chi connectivity index (χ4v) is 4.52. The van der Waals surface area contributed by atoms with Crippen LogP contribution in [0.5, 0.6) is 0 Å². The topological polar surface area (TPSA) is 61.0 Å². The fraction of sp³-hybridized carbons (Fsp3) is 0.476. The van der Waals surface area contributed by atoms with Gasteiger partial charge in [0.05, 0.1) is 30.8 Å². The molecule has 2 aromatic heterocycles. The van der Waals surface area contributed by atoms with Crippen LogP contribution in [0.3, 0.4) is 0 Å². The van der Waals surface area contributed by atoms with Crippen LogP contribution in [0.1, 0.15) is 23.7 Å². The lowest BCUT2D eigenvalue weighted by Gasteiger charge is -2.33. The number of aromatic nitrogens is 5. The second kappa shape index (κ2) is 9.63. The highest BCUT2D eigenvalue weighted by atomic mass is 32.2. The van der Waals surface area contributed by atoms with Gasteiger partial charge in [-0.05, 0) is 30.7 Å². The van der Waals surface area contributed by atoms with Gasteiger partial charge < -0.3 is 13.9 Å². The predicted molar refractivity (Wildman–Crippen MR) is 115 cm³/mol. The molecule has 1 unspecified atom stereocenters. The van der Waals surface area contributed by atoms with Crippen molar-refractivity contribution in [2.75, 3.05) is 32.0 Å². The molecule has 32 heavy (non-hydrogen) atoms. The maximum atomic E-state index is 12.8. The SMILES string of the molecule is Cn1cncc1-c1nnc(SCCCN2CCOC(c3ccc(C(F)(F)F)cc3)C2)n1C. The van der Waals surface area contributed by atoms with E-state index in [-0.39, 0.29) is 6.10 Å². The van der Waals surface area contributed by atoms with Gasteiger partial charge >= 0.3 is 6.18 Å². The number of thioether (sulfide) groups is 1. The van der Waals surface area contributed by atoms with Crippen LogP contribution in [0, 0.1) is 0 Å². The molecule has 0 amide bonds. The summed E-state index contributed by atoms with van der Waals surface area (Å²) < 4.78 is 48.0. The highest BCUT2D eigenvalue weighted by Gasteiger charge is 2.30. The zero-order chi connectivity index (χ0) is 22.7. The number of hydrogen-bond donors (Lipinski definition) is 0. The second-order valence-electron chi connectivity index (χ2n) is 7.74. The Bertz CT molecular complexity index is 1030. The third kappa shape index (κ3) is 5.16. The molecule has 3 heterocycles. The first-order valence-electron chi connectivity index (χ1n) is 10.3. The summed E-state index contributed by atoms with van der Waals surface area (Å²) in [5, 5.41) is 9.43. The van der Waals surface area contributed by atoms with E-state index in [0.29, 0.717) is 13.2 Å². The standard InChI is InChI=1S/C21H25F3N6OS/c1-28-14-25-12-17(28)19-26-27-20(29(19)2)32-11-3-8-30-9-10-31-18(13-30)15-4-6-16(7-5-15)21(22,23)24/h4-7,12,14,18H,3,8-11,13H2,1-2H3. The van der Waals surface area contributed by atoms with Gasteiger partial charge in [-0.1, -0.05) is 23.9 Å². The van der Waals surface area contributed by atoms with Gasteiger partial charge in [-0.3, -0.25) is 4.90 Å². The van der Waals surface area contributed by atoms with Gasteiger partial charge in [-0.2, -0.15) is 13.2 Å². The van der Waals surface area contributed by atoms with Gasteiger partial charge in [0, 0.05) is 32.9 Å². The van der Waals surface area contributed by atoms with Crippen LogP contribution in [0.25, 0.3) is 11.5 Å². The van der Waals surface area contributed by atoms with E-state index in [1.54, 1.807) is 24.3 Å². The van der Waals surface area contributed by atoms with Crippen LogP contribution in [-0.2, 0) is 25.0 Å². The monoisotopic (exact) mass is 466 g/mol. The highest BCUT2D eigenvalue weighted by molar-refractivity contribution is 7.99. The normalized spacial score (nSPS) is 17.7. The molecule has 7 nitrogen and oxygen atoms in total. The average molecular weight is 467 g/mol. The molecule has 0 aliphatic carbocycles. The molecule has 1 fully saturated rings. The molecule has 11 heteroatoms. The van der Waals surface area contributed by atoms with Crippen LogP contribution in [0.15, 0.2) is 41.9 Å². The fourth-order valence-electron chi connectivity index (χ4n) is 3.68. The van der Waals surface area contributed by atoms with Crippen molar-refractivity contribution >= 4 is 11.8 Å². The minimum absolute atomic E-state index is 0.209. The van der Waals surface area contributed by atoms with Crippen molar-refractivity contribution in [1.29, 1.82) is 0 Å². The summed E-state index contributed by atoms with van der Waals surface area (Å²) in [4.78, 5) is 6.42. The molecule has 1 aliphatic rings. The summed E-state index contributed by atoms with van der Waals surface area (Å²) in [7, 11) is 3.87. The number of benzene rings is 1. The lowest BCUT2D eigenvalue weighted by molar-refractivity contribution is -0.137. The predicted octanol–water partition coefficient (Wildman–Crippen LogP) is 3.79. The highest BCUT2D eigenvalue weighted by Crippen LogP contribution is 2.31. The van der Waals surface area contributed by atoms with E-state index < -0.39 is 11.7 Å². The molecule has 1 aromatic carbocycles. The van der Waals surface area contributed by atoms with Gasteiger partial charge in [-0.15, -0.1) is 10.2 Å². The molecule has 0 spiro atoms. The molecule has 1 aliphatic heterocycles.